The van der Waals surface area contributed by atoms with Gasteiger partial charge < -0.3 is 9.30 Å². The summed E-state index contributed by atoms with van der Waals surface area (Å²) in [5.41, 5.74) is 4.27. The molecule has 172 valence electrons. The summed E-state index contributed by atoms with van der Waals surface area (Å²) in [7, 11) is 3.59. The number of aryl methyl sites for hydroxylation is 2. The van der Waals surface area contributed by atoms with Crippen LogP contribution in [0.25, 0.3) is 22.0 Å². The van der Waals surface area contributed by atoms with Crippen molar-refractivity contribution in [2.45, 2.75) is 23.9 Å². The Labute approximate surface area is 206 Å². The van der Waals surface area contributed by atoms with Gasteiger partial charge >= 0.3 is 0 Å². The number of hydrogen-bond acceptors (Lipinski definition) is 7. The minimum absolute atomic E-state index is 0.714. The minimum Gasteiger partial charge on any atom is -0.496 e. The van der Waals surface area contributed by atoms with Crippen LogP contribution in [-0.2, 0) is 25.8 Å². The van der Waals surface area contributed by atoms with Crippen molar-refractivity contribution in [1.29, 1.82) is 0 Å². The standard InChI is InChI=1S/C25H24N6OS2/c1-30-15-19(14-26-30)24-27-20(16-33-24)17-34-25-29-28-23(21-10-6-7-11-22(21)32-2)31(25)13-12-18-8-4-3-5-9-18/h3-11,14-16H,12-13,17H2,1-2H3. The summed E-state index contributed by atoms with van der Waals surface area (Å²) >= 11 is 3.28. The van der Waals surface area contributed by atoms with Crippen LogP contribution in [0.3, 0.4) is 0 Å². The lowest BCUT2D eigenvalue weighted by atomic mass is 10.1. The zero-order valence-corrected chi connectivity index (χ0v) is 20.6. The third-order valence-corrected chi connectivity index (χ3v) is 7.32. The highest BCUT2D eigenvalue weighted by atomic mass is 32.2. The molecule has 0 fully saturated rings. The molecule has 3 aromatic heterocycles. The van der Waals surface area contributed by atoms with Gasteiger partial charge in [0.2, 0.25) is 0 Å². The second-order valence-electron chi connectivity index (χ2n) is 7.73. The molecule has 0 spiro atoms. The lowest BCUT2D eigenvalue weighted by Gasteiger charge is -2.12. The van der Waals surface area contributed by atoms with Gasteiger partial charge in [-0.3, -0.25) is 4.68 Å². The summed E-state index contributed by atoms with van der Waals surface area (Å²) in [6, 6.07) is 18.4. The van der Waals surface area contributed by atoms with Gasteiger partial charge in [-0.15, -0.1) is 21.5 Å². The summed E-state index contributed by atoms with van der Waals surface area (Å²) < 4.78 is 9.58. The van der Waals surface area contributed by atoms with E-state index in [4.69, 9.17) is 9.72 Å². The normalized spacial score (nSPS) is 11.1. The van der Waals surface area contributed by atoms with Gasteiger partial charge in [-0.1, -0.05) is 54.2 Å². The number of ether oxygens (including phenoxy) is 1. The number of rotatable bonds is 9. The molecular weight excluding hydrogens is 464 g/mol. The number of thiazole rings is 1. The van der Waals surface area contributed by atoms with E-state index in [-0.39, 0.29) is 0 Å². The molecule has 0 aliphatic carbocycles. The van der Waals surface area contributed by atoms with E-state index in [1.807, 2.05) is 49.8 Å². The number of methoxy groups -OCH3 is 1. The molecule has 2 aromatic carbocycles. The highest BCUT2D eigenvalue weighted by Gasteiger charge is 2.18. The van der Waals surface area contributed by atoms with E-state index in [2.05, 4.69) is 49.5 Å². The zero-order valence-electron chi connectivity index (χ0n) is 19.0. The SMILES string of the molecule is COc1ccccc1-c1nnc(SCc2csc(-c3cnn(C)c3)n2)n1CCc1ccccc1. The lowest BCUT2D eigenvalue weighted by Crippen LogP contribution is -2.06. The van der Waals surface area contributed by atoms with Crippen molar-refractivity contribution in [3.8, 4) is 27.7 Å². The summed E-state index contributed by atoms with van der Waals surface area (Å²) in [5, 5.41) is 17.3. The molecule has 0 radical (unpaired) electrons. The molecule has 3 heterocycles. The molecule has 0 aliphatic heterocycles. The van der Waals surface area contributed by atoms with Crippen molar-refractivity contribution in [2.75, 3.05) is 7.11 Å². The van der Waals surface area contributed by atoms with Crippen LogP contribution in [0.4, 0.5) is 0 Å². The van der Waals surface area contributed by atoms with E-state index in [0.29, 0.717) is 5.75 Å². The third-order valence-electron chi connectivity index (χ3n) is 5.38. The van der Waals surface area contributed by atoms with Crippen LogP contribution in [0.1, 0.15) is 11.3 Å². The summed E-state index contributed by atoms with van der Waals surface area (Å²) in [6.07, 6.45) is 4.71. The van der Waals surface area contributed by atoms with Crippen molar-refractivity contribution >= 4 is 23.1 Å². The van der Waals surface area contributed by atoms with Crippen LogP contribution in [-0.4, -0.2) is 36.6 Å². The van der Waals surface area contributed by atoms with Crippen LogP contribution in [0.5, 0.6) is 5.75 Å². The monoisotopic (exact) mass is 488 g/mol. The second-order valence-corrected chi connectivity index (χ2v) is 9.53. The van der Waals surface area contributed by atoms with E-state index in [1.165, 1.54) is 5.56 Å². The molecule has 5 rings (SSSR count). The molecule has 0 aliphatic rings. The Kier molecular flexibility index (Phi) is 6.73. The van der Waals surface area contributed by atoms with E-state index in [1.54, 1.807) is 34.9 Å². The van der Waals surface area contributed by atoms with Gasteiger partial charge in [-0.25, -0.2) is 4.98 Å². The second kappa shape index (κ2) is 10.2. The molecule has 0 unspecified atom stereocenters. The maximum absolute atomic E-state index is 5.60. The topological polar surface area (TPSA) is 70.7 Å². The van der Waals surface area contributed by atoms with Gasteiger partial charge in [0.1, 0.15) is 10.8 Å². The van der Waals surface area contributed by atoms with Gasteiger partial charge in [-0.05, 0) is 24.1 Å². The first-order valence-electron chi connectivity index (χ1n) is 10.9. The first-order valence-corrected chi connectivity index (χ1v) is 12.7. The van der Waals surface area contributed by atoms with E-state index in [0.717, 1.165) is 51.5 Å². The quantitative estimate of drug-likeness (QED) is 0.261. The Morgan fingerprint density at radius 2 is 1.85 bits per heavy atom. The Bertz CT molecular complexity index is 1380. The van der Waals surface area contributed by atoms with Gasteiger partial charge in [0.15, 0.2) is 11.0 Å². The predicted octanol–water partition coefficient (Wildman–Crippen LogP) is 5.35. The fraction of sp³-hybridized carbons (Fsp3) is 0.200. The first-order chi connectivity index (χ1) is 16.7. The molecule has 7 nitrogen and oxygen atoms in total. The van der Waals surface area contributed by atoms with Crippen molar-refractivity contribution in [3.63, 3.8) is 0 Å². The van der Waals surface area contributed by atoms with Crippen molar-refractivity contribution in [3.05, 3.63) is 83.6 Å². The number of hydrogen-bond donors (Lipinski definition) is 0. The number of aromatic nitrogens is 6. The number of thioether (sulfide) groups is 1. The number of para-hydroxylation sites is 1. The highest BCUT2D eigenvalue weighted by Crippen LogP contribution is 2.33. The van der Waals surface area contributed by atoms with Gasteiger partial charge in [0.05, 0.1) is 24.6 Å². The lowest BCUT2D eigenvalue weighted by molar-refractivity contribution is 0.415. The van der Waals surface area contributed by atoms with Crippen molar-refractivity contribution in [2.24, 2.45) is 7.05 Å². The first kappa shape index (κ1) is 22.4. The van der Waals surface area contributed by atoms with E-state index in [9.17, 15) is 0 Å². The van der Waals surface area contributed by atoms with Gasteiger partial charge in [0.25, 0.3) is 0 Å². The number of benzene rings is 2. The fourth-order valence-corrected chi connectivity index (χ4v) is 5.44. The van der Waals surface area contributed by atoms with Gasteiger partial charge in [0, 0.05) is 36.5 Å². The van der Waals surface area contributed by atoms with Crippen LogP contribution >= 0.6 is 23.1 Å². The average Bonchev–Trinajstić information content (AvgIpc) is 3.61. The van der Waals surface area contributed by atoms with Gasteiger partial charge in [-0.2, -0.15) is 5.10 Å². The Balaban J connectivity index is 1.40. The average molecular weight is 489 g/mol. The van der Waals surface area contributed by atoms with Crippen LogP contribution in [0.15, 0.2) is 77.5 Å². The molecule has 0 bridgehead atoms. The third kappa shape index (κ3) is 4.90. The molecule has 0 N–H and O–H groups in total. The van der Waals surface area contributed by atoms with E-state index < -0.39 is 0 Å². The summed E-state index contributed by atoms with van der Waals surface area (Å²) in [6.45, 7) is 0.769. The minimum atomic E-state index is 0.714. The molecule has 0 saturated heterocycles. The Morgan fingerprint density at radius 1 is 1.03 bits per heavy atom. The Morgan fingerprint density at radius 3 is 2.65 bits per heavy atom. The smallest absolute Gasteiger partial charge is 0.191 e. The predicted molar refractivity (Wildman–Crippen MR) is 136 cm³/mol. The maximum atomic E-state index is 5.60. The highest BCUT2D eigenvalue weighted by molar-refractivity contribution is 7.98. The van der Waals surface area contributed by atoms with Crippen LogP contribution in [0.2, 0.25) is 0 Å². The molecular formula is C25H24N6OS2. The van der Waals surface area contributed by atoms with E-state index >= 15 is 0 Å². The molecule has 0 saturated carbocycles. The Hall–Kier alpha value is -3.43. The zero-order chi connectivity index (χ0) is 23.3. The fourth-order valence-electron chi connectivity index (χ4n) is 3.69. The maximum Gasteiger partial charge on any atom is 0.191 e. The molecule has 9 heteroatoms. The van der Waals surface area contributed by atoms with Crippen LogP contribution in [0, 0.1) is 0 Å². The molecule has 0 atom stereocenters. The molecule has 34 heavy (non-hydrogen) atoms. The van der Waals surface area contributed by atoms with Crippen molar-refractivity contribution < 1.29 is 4.74 Å². The van der Waals surface area contributed by atoms with Crippen LogP contribution < -0.4 is 4.74 Å². The molecule has 5 aromatic rings. The summed E-state index contributed by atoms with van der Waals surface area (Å²) in [5.74, 6) is 2.31. The largest absolute Gasteiger partial charge is 0.496 e. The number of nitrogens with zero attached hydrogens (tertiary/aromatic N) is 6. The van der Waals surface area contributed by atoms with Crippen molar-refractivity contribution in [1.82, 2.24) is 29.5 Å². The summed E-state index contributed by atoms with van der Waals surface area (Å²) in [4.78, 5) is 4.79. The molecule has 0 amide bonds.